The highest BCUT2D eigenvalue weighted by molar-refractivity contribution is 6.30. The van der Waals surface area contributed by atoms with Crippen LogP contribution in [-0.2, 0) is 15.9 Å². The lowest BCUT2D eigenvalue weighted by Crippen LogP contribution is -2.50. The van der Waals surface area contributed by atoms with E-state index in [9.17, 15) is 14.9 Å². The fourth-order valence-electron chi connectivity index (χ4n) is 3.46. The molecule has 3 rings (SSSR count). The molecule has 1 heterocycles. The number of hydrogen-bond acceptors (Lipinski definition) is 6. The molecule has 2 aromatic rings. The number of carbonyl (C=O) groups is 1. The first-order valence-electron chi connectivity index (χ1n) is 9.58. The van der Waals surface area contributed by atoms with Crippen LogP contribution in [0.15, 0.2) is 42.5 Å². The summed E-state index contributed by atoms with van der Waals surface area (Å²) >= 11 is 5.96. The quantitative estimate of drug-likeness (QED) is 0.357. The van der Waals surface area contributed by atoms with Crippen molar-refractivity contribution in [2.45, 2.75) is 18.4 Å². The number of nitro benzene ring substituents is 1. The van der Waals surface area contributed by atoms with E-state index in [0.29, 0.717) is 49.9 Å². The van der Waals surface area contributed by atoms with Crippen LogP contribution >= 0.6 is 11.6 Å². The van der Waals surface area contributed by atoms with E-state index in [-0.39, 0.29) is 17.2 Å². The van der Waals surface area contributed by atoms with Gasteiger partial charge in [0.25, 0.3) is 11.6 Å². The molecule has 1 amide bonds. The molecule has 8 nitrogen and oxygen atoms in total. The normalized spacial score (nSPS) is 18.2. The van der Waals surface area contributed by atoms with Gasteiger partial charge in [-0.3, -0.25) is 14.9 Å². The van der Waals surface area contributed by atoms with Gasteiger partial charge in [0.05, 0.1) is 23.7 Å². The lowest BCUT2D eigenvalue weighted by atomic mass is 9.89. The van der Waals surface area contributed by atoms with Crippen molar-refractivity contribution >= 4 is 28.9 Å². The van der Waals surface area contributed by atoms with E-state index in [1.165, 1.54) is 6.07 Å². The van der Waals surface area contributed by atoms with E-state index >= 15 is 0 Å². The Morgan fingerprint density at radius 2 is 2.07 bits per heavy atom. The van der Waals surface area contributed by atoms with Crippen LogP contribution in [-0.4, -0.2) is 49.8 Å². The highest BCUT2D eigenvalue weighted by Crippen LogP contribution is 2.28. The maximum absolute atomic E-state index is 12.9. The van der Waals surface area contributed by atoms with E-state index in [4.69, 9.17) is 21.1 Å². The first-order chi connectivity index (χ1) is 14.4. The third kappa shape index (κ3) is 5.47. The van der Waals surface area contributed by atoms with Gasteiger partial charge in [0.1, 0.15) is 5.69 Å². The van der Waals surface area contributed by atoms with Gasteiger partial charge in [0, 0.05) is 36.9 Å². The molecule has 2 N–H and O–H groups in total. The van der Waals surface area contributed by atoms with Crippen LogP contribution in [0.5, 0.6) is 0 Å². The largest absolute Gasteiger partial charge is 0.383 e. The van der Waals surface area contributed by atoms with Crippen molar-refractivity contribution < 1.29 is 19.2 Å². The van der Waals surface area contributed by atoms with Gasteiger partial charge >= 0.3 is 0 Å². The standard InChI is InChI=1S/C21H24ClN3O5/c1-29-11-9-23-18-7-4-16(12-19(18)25(27)28)20(26)24-21(8-10-30-14-21)13-15-2-5-17(22)6-3-15/h2-7,12,23H,8-11,13-14H2,1H3,(H,24,26)/t21-/m1/s1. The number of carbonyl (C=O) groups excluding carboxylic acids is 1. The lowest BCUT2D eigenvalue weighted by Gasteiger charge is -2.29. The number of ether oxygens (including phenoxy) is 2. The second-order valence-electron chi connectivity index (χ2n) is 7.25. The highest BCUT2D eigenvalue weighted by atomic mass is 35.5. The van der Waals surface area contributed by atoms with Crippen molar-refractivity contribution in [1.82, 2.24) is 5.32 Å². The smallest absolute Gasteiger partial charge is 0.293 e. The molecule has 0 bridgehead atoms. The zero-order valence-electron chi connectivity index (χ0n) is 16.7. The molecule has 1 aliphatic heterocycles. The third-order valence-electron chi connectivity index (χ3n) is 5.02. The molecule has 30 heavy (non-hydrogen) atoms. The van der Waals surface area contributed by atoms with Crippen molar-refractivity contribution in [3.8, 4) is 0 Å². The molecule has 1 atom stereocenters. The van der Waals surface area contributed by atoms with Gasteiger partial charge in [-0.05, 0) is 42.7 Å². The van der Waals surface area contributed by atoms with Gasteiger partial charge < -0.3 is 20.1 Å². The SMILES string of the molecule is COCCNc1ccc(C(=O)N[C@@]2(Cc3ccc(Cl)cc3)CCOC2)cc1[N+](=O)[O-]. The van der Waals surface area contributed by atoms with Crippen LogP contribution < -0.4 is 10.6 Å². The summed E-state index contributed by atoms with van der Waals surface area (Å²) < 4.78 is 10.5. The molecule has 0 spiro atoms. The number of benzene rings is 2. The summed E-state index contributed by atoms with van der Waals surface area (Å²) in [4.78, 5) is 23.9. The molecular weight excluding hydrogens is 410 g/mol. The third-order valence-corrected chi connectivity index (χ3v) is 5.27. The number of methoxy groups -OCH3 is 1. The highest BCUT2D eigenvalue weighted by Gasteiger charge is 2.37. The van der Waals surface area contributed by atoms with Crippen LogP contribution in [0.4, 0.5) is 11.4 Å². The van der Waals surface area contributed by atoms with Gasteiger partial charge in [-0.2, -0.15) is 0 Å². The maximum Gasteiger partial charge on any atom is 0.293 e. The maximum atomic E-state index is 12.9. The minimum absolute atomic E-state index is 0.159. The number of amides is 1. The molecule has 0 saturated carbocycles. The van der Waals surface area contributed by atoms with Gasteiger partial charge in [0.2, 0.25) is 0 Å². The fourth-order valence-corrected chi connectivity index (χ4v) is 3.58. The average Bonchev–Trinajstić information content (AvgIpc) is 3.18. The Morgan fingerprint density at radius 1 is 1.30 bits per heavy atom. The second-order valence-corrected chi connectivity index (χ2v) is 7.69. The van der Waals surface area contributed by atoms with Crippen molar-refractivity contribution in [3.63, 3.8) is 0 Å². The second kappa shape index (κ2) is 9.88. The van der Waals surface area contributed by atoms with Crippen LogP contribution in [0.1, 0.15) is 22.3 Å². The van der Waals surface area contributed by atoms with E-state index in [2.05, 4.69) is 10.6 Å². The number of rotatable bonds is 9. The van der Waals surface area contributed by atoms with Crippen molar-refractivity contribution in [3.05, 3.63) is 68.7 Å². The van der Waals surface area contributed by atoms with Gasteiger partial charge in [-0.15, -0.1) is 0 Å². The molecule has 160 valence electrons. The Morgan fingerprint density at radius 3 is 2.70 bits per heavy atom. The number of halogens is 1. The summed E-state index contributed by atoms with van der Waals surface area (Å²) in [6, 6.07) is 11.8. The van der Waals surface area contributed by atoms with Crippen molar-refractivity contribution in [2.75, 3.05) is 38.8 Å². The Labute approximate surface area is 179 Å². The van der Waals surface area contributed by atoms with Crippen LogP contribution in [0.2, 0.25) is 5.02 Å². The first kappa shape index (κ1) is 22.0. The Balaban J connectivity index is 1.77. The predicted molar refractivity (Wildman–Crippen MR) is 114 cm³/mol. The van der Waals surface area contributed by atoms with Crippen LogP contribution in [0, 0.1) is 10.1 Å². The van der Waals surface area contributed by atoms with Crippen molar-refractivity contribution in [1.29, 1.82) is 0 Å². The van der Waals surface area contributed by atoms with Gasteiger partial charge in [-0.1, -0.05) is 23.7 Å². The van der Waals surface area contributed by atoms with E-state index in [1.54, 1.807) is 31.4 Å². The minimum Gasteiger partial charge on any atom is -0.383 e. The number of nitrogens with one attached hydrogen (secondary N) is 2. The Kier molecular flexibility index (Phi) is 7.25. The number of hydrogen-bond donors (Lipinski definition) is 2. The number of anilines is 1. The summed E-state index contributed by atoms with van der Waals surface area (Å²) in [5.74, 6) is -0.374. The predicted octanol–water partition coefficient (Wildman–Crippen LogP) is 3.44. The molecule has 9 heteroatoms. The van der Waals surface area contributed by atoms with Crippen LogP contribution in [0.3, 0.4) is 0 Å². The van der Waals surface area contributed by atoms with Crippen LogP contribution in [0.25, 0.3) is 0 Å². The van der Waals surface area contributed by atoms with Crippen molar-refractivity contribution in [2.24, 2.45) is 0 Å². The molecule has 1 aliphatic rings. The first-order valence-corrected chi connectivity index (χ1v) is 9.96. The topological polar surface area (TPSA) is 103 Å². The molecule has 0 aromatic heterocycles. The number of nitrogens with zero attached hydrogens (tertiary/aromatic N) is 1. The molecule has 0 unspecified atom stereocenters. The molecule has 1 fully saturated rings. The summed E-state index contributed by atoms with van der Waals surface area (Å²) in [6.07, 6.45) is 1.23. The molecule has 2 aromatic carbocycles. The van der Waals surface area contributed by atoms with Gasteiger partial charge in [-0.25, -0.2) is 0 Å². The molecular formula is C21H24ClN3O5. The summed E-state index contributed by atoms with van der Waals surface area (Å²) in [6.45, 7) is 1.74. The van der Waals surface area contributed by atoms with E-state index in [1.807, 2.05) is 12.1 Å². The average molecular weight is 434 g/mol. The lowest BCUT2D eigenvalue weighted by molar-refractivity contribution is -0.384. The zero-order valence-corrected chi connectivity index (χ0v) is 17.4. The summed E-state index contributed by atoms with van der Waals surface area (Å²) in [7, 11) is 1.55. The Hall–Kier alpha value is -2.68. The molecule has 0 radical (unpaired) electrons. The van der Waals surface area contributed by atoms with Gasteiger partial charge in [0.15, 0.2) is 0 Å². The minimum atomic E-state index is -0.574. The number of nitro groups is 1. The fraction of sp³-hybridized carbons (Fsp3) is 0.381. The summed E-state index contributed by atoms with van der Waals surface area (Å²) in [5.41, 5.74) is 0.854. The van der Waals surface area contributed by atoms with E-state index in [0.717, 1.165) is 5.56 Å². The van der Waals surface area contributed by atoms with E-state index < -0.39 is 10.5 Å². The molecule has 0 aliphatic carbocycles. The summed E-state index contributed by atoms with van der Waals surface area (Å²) in [5, 5.41) is 18.1. The Bertz CT molecular complexity index is 898. The zero-order chi connectivity index (χ0) is 21.6. The molecule has 1 saturated heterocycles. The monoisotopic (exact) mass is 433 g/mol.